The third kappa shape index (κ3) is 3.20. The molecule has 0 atom stereocenters. The summed E-state index contributed by atoms with van der Waals surface area (Å²) < 4.78 is 5.38. The molecular weight excluding hydrogens is 252 g/mol. The van der Waals surface area contributed by atoms with Crippen LogP contribution < -0.4 is 10.1 Å². The van der Waals surface area contributed by atoms with E-state index in [9.17, 15) is 0 Å². The first kappa shape index (κ1) is 14.6. The number of benzene rings is 1. The van der Waals surface area contributed by atoms with E-state index in [1.165, 1.54) is 0 Å². The lowest BCUT2D eigenvalue weighted by Crippen LogP contribution is -2.24. The molecule has 0 fully saturated rings. The molecule has 0 aliphatic rings. The molecule has 2 rings (SSSR count). The molecule has 0 amide bonds. The number of anilines is 1. The van der Waals surface area contributed by atoms with Gasteiger partial charge < -0.3 is 15.2 Å². The van der Waals surface area contributed by atoms with Gasteiger partial charge in [0.2, 0.25) is 0 Å². The SMILES string of the molecule is COc1cccc2c(NCC(C)(C)CCO)nccc12. The number of hydrogen-bond donors (Lipinski definition) is 2. The summed E-state index contributed by atoms with van der Waals surface area (Å²) in [7, 11) is 1.67. The Morgan fingerprint density at radius 2 is 2.05 bits per heavy atom. The molecule has 4 nitrogen and oxygen atoms in total. The van der Waals surface area contributed by atoms with Gasteiger partial charge in [-0.25, -0.2) is 4.98 Å². The molecule has 108 valence electrons. The molecule has 2 aromatic rings. The second-order valence-electron chi connectivity index (χ2n) is 5.71. The van der Waals surface area contributed by atoms with E-state index < -0.39 is 0 Å². The first-order valence-corrected chi connectivity index (χ1v) is 6.84. The zero-order valence-corrected chi connectivity index (χ0v) is 12.3. The molecule has 1 aromatic heterocycles. The van der Waals surface area contributed by atoms with Crippen molar-refractivity contribution in [3.63, 3.8) is 0 Å². The summed E-state index contributed by atoms with van der Waals surface area (Å²) in [6.45, 7) is 5.21. The lowest BCUT2D eigenvalue weighted by Gasteiger charge is -2.24. The number of ether oxygens (including phenoxy) is 1. The van der Waals surface area contributed by atoms with Crippen LogP contribution in [0, 0.1) is 5.41 Å². The van der Waals surface area contributed by atoms with Crippen LogP contribution in [-0.2, 0) is 0 Å². The van der Waals surface area contributed by atoms with Crippen molar-refractivity contribution in [2.75, 3.05) is 25.6 Å². The highest BCUT2D eigenvalue weighted by molar-refractivity contribution is 5.95. The summed E-state index contributed by atoms with van der Waals surface area (Å²) >= 11 is 0. The standard InChI is InChI=1S/C16H22N2O2/c1-16(2,8-10-19)11-18-15-13-5-4-6-14(20-3)12(13)7-9-17-15/h4-7,9,19H,8,10-11H2,1-3H3,(H,17,18). The fourth-order valence-corrected chi connectivity index (χ4v) is 2.21. The smallest absolute Gasteiger partial charge is 0.133 e. The van der Waals surface area contributed by atoms with Crippen LogP contribution in [-0.4, -0.2) is 30.4 Å². The summed E-state index contributed by atoms with van der Waals surface area (Å²) in [5.74, 6) is 1.70. The van der Waals surface area contributed by atoms with Gasteiger partial charge in [0.15, 0.2) is 0 Å². The molecule has 20 heavy (non-hydrogen) atoms. The third-order valence-electron chi connectivity index (χ3n) is 3.51. The topological polar surface area (TPSA) is 54.4 Å². The van der Waals surface area contributed by atoms with Crippen LogP contribution in [0.5, 0.6) is 5.75 Å². The summed E-state index contributed by atoms with van der Waals surface area (Å²) in [5.41, 5.74) is 0.0253. The van der Waals surface area contributed by atoms with Crippen LogP contribution in [0.25, 0.3) is 10.8 Å². The Morgan fingerprint density at radius 1 is 1.25 bits per heavy atom. The van der Waals surface area contributed by atoms with Gasteiger partial charge in [-0.05, 0) is 24.0 Å². The number of methoxy groups -OCH3 is 1. The molecule has 0 spiro atoms. The van der Waals surface area contributed by atoms with E-state index in [0.717, 1.165) is 35.3 Å². The zero-order valence-electron chi connectivity index (χ0n) is 12.3. The molecule has 0 aliphatic carbocycles. The molecule has 0 saturated heterocycles. The molecule has 0 saturated carbocycles. The highest BCUT2D eigenvalue weighted by Crippen LogP contribution is 2.30. The molecule has 0 unspecified atom stereocenters. The molecule has 0 aliphatic heterocycles. The van der Waals surface area contributed by atoms with Crippen molar-refractivity contribution in [2.24, 2.45) is 5.41 Å². The molecule has 1 aromatic carbocycles. The number of nitrogens with zero attached hydrogens (tertiary/aromatic N) is 1. The number of nitrogens with one attached hydrogen (secondary N) is 1. The van der Waals surface area contributed by atoms with Crippen molar-refractivity contribution in [2.45, 2.75) is 20.3 Å². The van der Waals surface area contributed by atoms with E-state index in [1.807, 2.05) is 24.3 Å². The Morgan fingerprint density at radius 3 is 2.75 bits per heavy atom. The molecular formula is C16H22N2O2. The number of rotatable bonds is 6. The van der Waals surface area contributed by atoms with Crippen LogP contribution in [0.15, 0.2) is 30.5 Å². The van der Waals surface area contributed by atoms with Gasteiger partial charge >= 0.3 is 0 Å². The van der Waals surface area contributed by atoms with Crippen molar-refractivity contribution >= 4 is 16.6 Å². The van der Waals surface area contributed by atoms with E-state index >= 15 is 0 Å². The lowest BCUT2D eigenvalue weighted by molar-refractivity contribution is 0.220. The minimum Gasteiger partial charge on any atom is -0.496 e. The predicted octanol–water partition coefficient (Wildman–Crippen LogP) is 3.06. The Balaban J connectivity index is 2.27. The molecule has 1 heterocycles. The maximum atomic E-state index is 9.08. The second kappa shape index (κ2) is 6.09. The van der Waals surface area contributed by atoms with Crippen LogP contribution >= 0.6 is 0 Å². The fourth-order valence-electron chi connectivity index (χ4n) is 2.21. The number of hydrogen-bond acceptors (Lipinski definition) is 4. The fraction of sp³-hybridized carbons (Fsp3) is 0.438. The van der Waals surface area contributed by atoms with Gasteiger partial charge in [-0.1, -0.05) is 26.0 Å². The Bertz CT molecular complexity index is 582. The van der Waals surface area contributed by atoms with Gasteiger partial charge in [0.1, 0.15) is 11.6 Å². The van der Waals surface area contributed by atoms with E-state index in [2.05, 4.69) is 24.1 Å². The minimum absolute atomic E-state index is 0.0253. The van der Waals surface area contributed by atoms with Gasteiger partial charge in [0.25, 0.3) is 0 Å². The Hall–Kier alpha value is -1.81. The molecule has 0 radical (unpaired) electrons. The summed E-state index contributed by atoms with van der Waals surface area (Å²) in [6, 6.07) is 7.90. The van der Waals surface area contributed by atoms with Crippen molar-refractivity contribution in [3.8, 4) is 5.75 Å². The van der Waals surface area contributed by atoms with E-state index in [4.69, 9.17) is 9.84 Å². The monoisotopic (exact) mass is 274 g/mol. The van der Waals surface area contributed by atoms with Crippen molar-refractivity contribution in [3.05, 3.63) is 30.5 Å². The average molecular weight is 274 g/mol. The Labute approximate surface area is 119 Å². The van der Waals surface area contributed by atoms with Crippen molar-refractivity contribution in [1.29, 1.82) is 0 Å². The first-order chi connectivity index (χ1) is 9.57. The molecule has 4 heteroatoms. The summed E-state index contributed by atoms with van der Waals surface area (Å²) in [5, 5.41) is 14.6. The quantitative estimate of drug-likeness (QED) is 0.850. The average Bonchev–Trinajstić information content (AvgIpc) is 2.44. The third-order valence-corrected chi connectivity index (χ3v) is 3.51. The van der Waals surface area contributed by atoms with Crippen LogP contribution in [0.1, 0.15) is 20.3 Å². The second-order valence-corrected chi connectivity index (χ2v) is 5.71. The molecule has 2 N–H and O–H groups in total. The summed E-state index contributed by atoms with van der Waals surface area (Å²) in [4.78, 5) is 4.42. The first-order valence-electron chi connectivity index (χ1n) is 6.84. The van der Waals surface area contributed by atoms with E-state index in [-0.39, 0.29) is 12.0 Å². The van der Waals surface area contributed by atoms with Gasteiger partial charge in [0, 0.05) is 30.1 Å². The van der Waals surface area contributed by atoms with Crippen molar-refractivity contribution < 1.29 is 9.84 Å². The number of aliphatic hydroxyl groups is 1. The van der Waals surface area contributed by atoms with Crippen molar-refractivity contribution in [1.82, 2.24) is 4.98 Å². The Kier molecular flexibility index (Phi) is 4.45. The summed E-state index contributed by atoms with van der Waals surface area (Å²) in [6.07, 6.45) is 2.54. The van der Waals surface area contributed by atoms with Gasteiger partial charge in [-0.2, -0.15) is 0 Å². The number of aliphatic hydroxyl groups excluding tert-OH is 1. The number of pyridine rings is 1. The normalized spacial score (nSPS) is 11.6. The van der Waals surface area contributed by atoms with Gasteiger partial charge in [0.05, 0.1) is 7.11 Å². The largest absolute Gasteiger partial charge is 0.496 e. The minimum atomic E-state index is 0.0253. The highest BCUT2D eigenvalue weighted by atomic mass is 16.5. The maximum Gasteiger partial charge on any atom is 0.133 e. The number of aromatic nitrogens is 1. The van der Waals surface area contributed by atoms with E-state index in [1.54, 1.807) is 13.3 Å². The lowest BCUT2D eigenvalue weighted by atomic mass is 9.90. The van der Waals surface area contributed by atoms with Crippen LogP contribution in [0.3, 0.4) is 0 Å². The van der Waals surface area contributed by atoms with Crippen LogP contribution in [0.4, 0.5) is 5.82 Å². The van der Waals surface area contributed by atoms with Crippen LogP contribution in [0.2, 0.25) is 0 Å². The van der Waals surface area contributed by atoms with Gasteiger partial charge in [-0.15, -0.1) is 0 Å². The molecule has 0 bridgehead atoms. The maximum absolute atomic E-state index is 9.08. The highest BCUT2D eigenvalue weighted by Gasteiger charge is 2.17. The van der Waals surface area contributed by atoms with E-state index in [0.29, 0.717) is 0 Å². The van der Waals surface area contributed by atoms with Gasteiger partial charge in [-0.3, -0.25) is 0 Å². The predicted molar refractivity (Wildman–Crippen MR) is 82.3 cm³/mol. The number of fused-ring (bicyclic) bond motifs is 1. The zero-order chi connectivity index (χ0) is 14.6.